The lowest BCUT2D eigenvalue weighted by Crippen LogP contribution is -1.94. The van der Waals surface area contributed by atoms with Gasteiger partial charge in [-0.1, -0.05) is 11.6 Å². The zero-order valence-electron chi connectivity index (χ0n) is 7.03. The zero-order chi connectivity index (χ0) is 9.14. The third-order valence-corrected chi connectivity index (χ3v) is 1.97. The first-order chi connectivity index (χ1) is 5.65. The predicted octanol–water partition coefficient (Wildman–Crippen LogP) is 3.19. The van der Waals surface area contributed by atoms with Gasteiger partial charge in [0.15, 0.2) is 0 Å². The number of benzene rings is 1. The van der Waals surface area contributed by atoms with E-state index in [1.807, 2.05) is 6.92 Å². The smallest absolute Gasteiger partial charge is 0.141 e. The molecule has 0 N–H and O–H groups in total. The molecule has 0 saturated heterocycles. The Morgan fingerprint density at radius 3 is 2.75 bits per heavy atom. The highest BCUT2D eigenvalue weighted by Gasteiger charge is 2.06. The minimum Gasteiger partial charge on any atom is -0.492 e. The van der Waals surface area contributed by atoms with Crippen LogP contribution in [-0.2, 0) is 0 Å². The second-order valence-electron chi connectivity index (χ2n) is 2.47. The van der Waals surface area contributed by atoms with Crippen LogP contribution in [0.1, 0.15) is 12.5 Å². The third-order valence-electron chi connectivity index (χ3n) is 1.49. The lowest BCUT2D eigenvalue weighted by molar-refractivity contribution is 0.338. The minimum atomic E-state index is -0.319. The average Bonchev–Trinajstić information content (AvgIpc) is 2.00. The van der Waals surface area contributed by atoms with Crippen LogP contribution in [0.3, 0.4) is 0 Å². The Kier molecular flexibility index (Phi) is 2.93. The number of rotatable bonds is 2. The van der Waals surface area contributed by atoms with Crippen LogP contribution in [0.4, 0.5) is 4.39 Å². The molecule has 1 aromatic carbocycles. The van der Waals surface area contributed by atoms with Crippen molar-refractivity contribution in [2.75, 3.05) is 6.61 Å². The first-order valence-corrected chi connectivity index (χ1v) is 4.11. The van der Waals surface area contributed by atoms with Gasteiger partial charge in [-0.2, -0.15) is 0 Å². The molecule has 0 aliphatic rings. The molecule has 0 aliphatic heterocycles. The molecule has 0 bridgehead atoms. The SMILES string of the molecule is CCOc1cc(F)cc(C)c1Cl. The molecule has 0 heterocycles. The fraction of sp³-hybridized carbons (Fsp3) is 0.333. The van der Waals surface area contributed by atoms with Gasteiger partial charge in [0.1, 0.15) is 11.6 Å². The maximum absolute atomic E-state index is 12.8. The van der Waals surface area contributed by atoms with Crippen molar-refractivity contribution < 1.29 is 9.13 Å². The van der Waals surface area contributed by atoms with E-state index in [-0.39, 0.29) is 5.82 Å². The highest BCUT2D eigenvalue weighted by Crippen LogP contribution is 2.28. The van der Waals surface area contributed by atoms with Crippen molar-refractivity contribution in [3.63, 3.8) is 0 Å². The molecule has 0 spiro atoms. The summed E-state index contributed by atoms with van der Waals surface area (Å²) >= 11 is 5.85. The van der Waals surface area contributed by atoms with Gasteiger partial charge in [-0.25, -0.2) is 4.39 Å². The van der Waals surface area contributed by atoms with Gasteiger partial charge in [0.05, 0.1) is 11.6 Å². The molecule has 0 saturated carbocycles. The van der Waals surface area contributed by atoms with Crippen molar-refractivity contribution in [1.82, 2.24) is 0 Å². The Morgan fingerprint density at radius 2 is 2.17 bits per heavy atom. The number of hydrogen-bond donors (Lipinski definition) is 0. The normalized spacial score (nSPS) is 10.0. The first-order valence-electron chi connectivity index (χ1n) is 3.73. The zero-order valence-corrected chi connectivity index (χ0v) is 7.78. The molecule has 3 heteroatoms. The van der Waals surface area contributed by atoms with Gasteiger partial charge in [-0.3, -0.25) is 0 Å². The van der Waals surface area contributed by atoms with Crippen molar-refractivity contribution >= 4 is 11.6 Å². The average molecular weight is 189 g/mol. The fourth-order valence-corrected chi connectivity index (χ4v) is 1.12. The predicted molar refractivity (Wildman–Crippen MR) is 47.3 cm³/mol. The monoisotopic (exact) mass is 188 g/mol. The van der Waals surface area contributed by atoms with Crippen molar-refractivity contribution in [2.45, 2.75) is 13.8 Å². The molecule has 0 aromatic heterocycles. The molecule has 0 unspecified atom stereocenters. The van der Waals surface area contributed by atoms with E-state index in [0.717, 1.165) is 0 Å². The summed E-state index contributed by atoms with van der Waals surface area (Å²) in [6, 6.07) is 2.67. The van der Waals surface area contributed by atoms with E-state index in [4.69, 9.17) is 16.3 Å². The topological polar surface area (TPSA) is 9.23 Å². The van der Waals surface area contributed by atoms with Gasteiger partial charge in [-0.15, -0.1) is 0 Å². The molecule has 12 heavy (non-hydrogen) atoms. The highest BCUT2D eigenvalue weighted by atomic mass is 35.5. The largest absolute Gasteiger partial charge is 0.492 e. The quantitative estimate of drug-likeness (QED) is 0.693. The van der Waals surface area contributed by atoms with Gasteiger partial charge >= 0.3 is 0 Å². The van der Waals surface area contributed by atoms with Crippen LogP contribution in [0.15, 0.2) is 12.1 Å². The van der Waals surface area contributed by atoms with Crippen molar-refractivity contribution in [2.24, 2.45) is 0 Å². The van der Waals surface area contributed by atoms with Crippen LogP contribution >= 0.6 is 11.6 Å². The van der Waals surface area contributed by atoms with E-state index in [2.05, 4.69) is 0 Å². The summed E-state index contributed by atoms with van der Waals surface area (Å²) in [5, 5.41) is 0.484. The molecule has 0 fully saturated rings. The third kappa shape index (κ3) is 1.89. The van der Waals surface area contributed by atoms with E-state index in [1.165, 1.54) is 12.1 Å². The van der Waals surface area contributed by atoms with E-state index in [9.17, 15) is 4.39 Å². The Labute approximate surface area is 76.1 Å². The molecular formula is C9H10ClFO. The summed E-state index contributed by atoms with van der Waals surface area (Å²) in [7, 11) is 0. The molecule has 1 nitrogen and oxygen atoms in total. The highest BCUT2D eigenvalue weighted by molar-refractivity contribution is 6.32. The Hall–Kier alpha value is -0.760. The maximum Gasteiger partial charge on any atom is 0.141 e. The maximum atomic E-state index is 12.8. The van der Waals surface area contributed by atoms with Crippen LogP contribution < -0.4 is 4.74 Å². The number of aryl methyl sites for hydroxylation is 1. The van der Waals surface area contributed by atoms with Crippen LogP contribution in [0.2, 0.25) is 5.02 Å². The van der Waals surface area contributed by atoms with Crippen LogP contribution in [-0.4, -0.2) is 6.61 Å². The molecule has 0 amide bonds. The Bertz CT molecular complexity index is 286. The van der Waals surface area contributed by atoms with Gasteiger partial charge in [0, 0.05) is 6.07 Å². The van der Waals surface area contributed by atoms with Gasteiger partial charge in [0.2, 0.25) is 0 Å². The first kappa shape index (κ1) is 9.33. The number of halogens is 2. The molecular weight excluding hydrogens is 179 g/mol. The summed E-state index contributed by atoms with van der Waals surface area (Å²) < 4.78 is 17.9. The van der Waals surface area contributed by atoms with E-state index in [1.54, 1.807) is 6.92 Å². The summed E-state index contributed by atoms with van der Waals surface area (Å²) in [4.78, 5) is 0. The van der Waals surface area contributed by atoms with Gasteiger partial charge < -0.3 is 4.74 Å². The van der Waals surface area contributed by atoms with Crippen LogP contribution in [0.25, 0.3) is 0 Å². The molecule has 1 aromatic rings. The summed E-state index contributed by atoms with van der Waals surface area (Å²) in [6.45, 7) is 4.06. The molecule has 0 radical (unpaired) electrons. The Balaban J connectivity index is 3.09. The Morgan fingerprint density at radius 1 is 1.50 bits per heavy atom. The summed E-state index contributed by atoms with van der Waals surface area (Å²) in [5.41, 5.74) is 0.695. The van der Waals surface area contributed by atoms with E-state index < -0.39 is 0 Å². The van der Waals surface area contributed by atoms with Gasteiger partial charge in [-0.05, 0) is 25.5 Å². The van der Waals surface area contributed by atoms with Gasteiger partial charge in [0.25, 0.3) is 0 Å². The lowest BCUT2D eigenvalue weighted by atomic mass is 10.2. The molecule has 66 valence electrons. The number of hydrogen-bond acceptors (Lipinski definition) is 1. The van der Waals surface area contributed by atoms with Crippen LogP contribution in [0, 0.1) is 12.7 Å². The van der Waals surface area contributed by atoms with Crippen molar-refractivity contribution in [3.05, 3.63) is 28.5 Å². The molecule has 0 aliphatic carbocycles. The fourth-order valence-electron chi connectivity index (χ4n) is 0.955. The summed E-state index contributed by atoms with van der Waals surface area (Å²) in [6.07, 6.45) is 0. The molecule has 1 rings (SSSR count). The van der Waals surface area contributed by atoms with E-state index in [0.29, 0.717) is 22.9 Å². The summed E-state index contributed by atoms with van der Waals surface area (Å²) in [5.74, 6) is 0.0945. The standard InChI is InChI=1S/C9H10ClFO/c1-3-12-8-5-7(11)4-6(2)9(8)10/h4-5H,3H2,1-2H3. The minimum absolute atomic E-state index is 0.319. The lowest BCUT2D eigenvalue weighted by Gasteiger charge is -2.07. The van der Waals surface area contributed by atoms with Crippen molar-refractivity contribution in [3.8, 4) is 5.75 Å². The van der Waals surface area contributed by atoms with E-state index >= 15 is 0 Å². The van der Waals surface area contributed by atoms with Crippen LogP contribution in [0.5, 0.6) is 5.75 Å². The molecule has 0 atom stereocenters. The second-order valence-corrected chi connectivity index (χ2v) is 2.85. The second kappa shape index (κ2) is 3.76. The van der Waals surface area contributed by atoms with Crippen molar-refractivity contribution in [1.29, 1.82) is 0 Å². The number of ether oxygens (including phenoxy) is 1.